The Morgan fingerprint density at radius 2 is 1.88 bits per heavy atom. The van der Waals surface area contributed by atoms with Crippen LogP contribution in [0.15, 0.2) is 30.5 Å². The molecular weight excluding hydrogens is 336 g/mol. The van der Waals surface area contributed by atoms with E-state index < -0.39 is 0 Å². The van der Waals surface area contributed by atoms with Gasteiger partial charge in [0.1, 0.15) is 0 Å². The van der Waals surface area contributed by atoms with Crippen LogP contribution in [0.2, 0.25) is 5.02 Å². The Bertz CT molecular complexity index is 718. The van der Waals surface area contributed by atoms with E-state index in [1.807, 2.05) is 33.8 Å². The second-order valence-corrected chi connectivity index (χ2v) is 6.98. The summed E-state index contributed by atoms with van der Waals surface area (Å²) >= 11 is 5.99. The van der Waals surface area contributed by atoms with Crippen LogP contribution in [0, 0.1) is 0 Å². The van der Waals surface area contributed by atoms with Crippen LogP contribution in [0.25, 0.3) is 5.69 Å². The minimum atomic E-state index is 0.110. The zero-order chi connectivity index (χ0) is 17.8. The fourth-order valence-electron chi connectivity index (χ4n) is 3.38. The molecule has 1 fully saturated rings. The predicted octanol–water partition coefficient (Wildman–Crippen LogP) is 1.84. The summed E-state index contributed by atoms with van der Waals surface area (Å²) in [5.74, 6) is 0.110. The van der Waals surface area contributed by atoms with Crippen molar-refractivity contribution in [2.45, 2.75) is 26.7 Å². The summed E-state index contributed by atoms with van der Waals surface area (Å²) in [5, 5.41) is 5.20. The Hall–Kier alpha value is -1.85. The molecule has 3 rings (SSSR count). The van der Waals surface area contributed by atoms with Crippen molar-refractivity contribution in [1.29, 1.82) is 0 Å². The number of hydrogen-bond donors (Lipinski definition) is 1. The van der Waals surface area contributed by atoms with E-state index in [9.17, 15) is 4.79 Å². The lowest BCUT2D eigenvalue weighted by Crippen LogP contribution is -3.14. The van der Waals surface area contributed by atoms with Crippen molar-refractivity contribution in [2.75, 3.05) is 32.7 Å². The van der Waals surface area contributed by atoms with Gasteiger partial charge in [-0.25, -0.2) is 4.68 Å². The first-order valence-corrected chi connectivity index (χ1v) is 9.47. The Morgan fingerprint density at radius 3 is 2.48 bits per heavy atom. The Labute approximate surface area is 154 Å². The Morgan fingerprint density at radius 1 is 1.20 bits per heavy atom. The second-order valence-electron chi connectivity index (χ2n) is 6.54. The van der Waals surface area contributed by atoms with Crippen molar-refractivity contribution >= 4 is 17.5 Å². The molecule has 1 saturated heterocycles. The molecule has 2 heterocycles. The maximum atomic E-state index is 13.0. The zero-order valence-electron chi connectivity index (χ0n) is 15.0. The van der Waals surface area contributed by atoms with Crippen LogP contribution in [-0.2, 0) is 6.42 Å². The van der Waals surface area contributed by atoms with Gasteiger partial charge in [0, 0.05) is 5.02 Å². The van der Waals surface area contributed by atoms with Crippen LogP contribution in [0.3, 0.4) is 0 Å². The molecule has 0 spiro atoms. The molecule has 134 valence electrons. The highest BCUT2D eigenvalue weighted by molar-refractivity contribution is 6.30. The molecule has 1 aromatic carbocycles. The number of aromatic nitrogens is 2. The molecule has 0 bridgehead atoms. The van der Waals surface area contributed by atoms with E-state index in [4.69, 9.17) is 11.6 Å². The third-order valence-electron chi connectivity index (χ3n) is 4.92. The van der Waals surface area contributed by atoms with Gasteiger partial charge < -0.3 is 9.80 Å². The molecular formula is C19H26ClN4O+. The smallest absolute Gasteiger partial charge is 0.257 e. The van der Waals surface area contributed by atoms with Crippen molar-refractivity contribution in [3.8, 4) is 5.69 Å². The summed E-state index contributed by atoms with van der Waals surface area (Å²) < 4.78 is 1.88. The zero-order valence-corrected chi connectivity index (χ0v) is 15.7. The van der Waals surface area contributed by atoms with Crippen molar-refractivity contribution < 1.29 is 9.69 Å². The van der Waals surface area contributed by atoms with E-state index in [-0.39, 0.29) is 5.91 Å². The standard InChI is InChI=1S/C19H25ClN4O/c1-3-5-18-17(19(25)23-12-10-22(4-2)11-13-23)14-21-24(18)16-8-6-15(20)7-9-16/h6-9,14H,3-5,10-13H2,1-2H3/p+1. The van der Waals surface area contributed by atoms with Crippen molar-refractivity contribution in [3.05, 3.63) is 46.7 Å². The minimum Gasteiger partial charge on any atom is -0.332 e. The van der Waals surface area contributed by atoms with Gasteiger partial charge in [0.25, 0.3) is 5.91 Å². The average molecular weight is 362 g/mol. The number of nitrogens with one attached hydrogen (secondary N) is 1. The average Bonchev–Trinajstić information content (AvgIpc) is 3.06. The van der Waals surface area contributed by atoms with Crippen LogP contribution in [0.4, 0.5) is 0 Å². The minimum absolute atomic E-state index is 0.110. The molecule has 0 saturated carbocycles. The van der Waals surface area contributed by atoms with E-state index in [1.54, 1.807) is 11.1 Å². The van der Waals surface area contributed by atoms with Crippen molar-refractivity contribution in [1.82, 2.24) is 14.7 Å². The van der Waals surface area contributed by atoms with E-state index in [1.165, 1.54) is 0 Å². The van der Waals surface area contributed by atoms with Crippen LogP contribution in [-0.4, -0.2) is 53.3 Å². The lowest BCUT2D eigenvalue weighted by atomic mass is 10.1. The predicted molar refractivity (Wildman–Crippen MR) is 99.7 cm³/mol. The molecule has 1 aromatic heterocycles. The number of carbonyl (C=O) groups excluding carboxylic acids is 1. The topological polar surface area (TPSA) is 42.6 Å². The number of nitrogens with zero attached hydrogens (tertiary/aromatic N) is 3. The molecule has 25 heavy (non-hydrogen) atoms. The fraction of sp³-hybridized carbons (Fsp3) is 0.474. The van der Waals surface area contributed by atoms with Crippen LogP contribution >= 0.6 is 11.6 Å². The number of halogens is 1. The second kappa shape index (κ2) is 8.02. The van der Waals surface area contributed by atoms with Gasteiger partial charge in [-0.3, -0.25) is 4.79 Å². The molecule has 1 amide bonds. The monoisotopic (exact) mass is 361 g/mol. The Kier molecular flexibility index (Phi) is 5.76. The van der Waals surface area contributed by atoms with Crippen LogP contribution in [0.5, 0.6) is 0 Å². The van der Waals surface area contributed by atoms with E-state index >= 15 is 0 Å². The molecule has 0 radical (unpaired) electrons. The molecule has 1 aliphatic heterocycles. The number of rotatable bonds is 5. The molecule has 2 aromatic rings. The summed E-state index contributed by atoms with van der Waals surface area (Å²) in [6.07, 6.45) is 3.51. The third kappa shape index (κ3) is 3.88. The number of piperazine rings is 1. The number of hydrogen-bond acceptors (Lipinski definition) is 2. The lowest BCUT2D eigenvalue weighted by molar-refractivity contribution is -0.902. The molecule has 5 nitrogen and oxygen atoms in total. The SMILES string of the molecule is CCCc1c(C(=O)N2CC[NH+](CC)CC2)cnn1-c1ccc(Cl)cc1. The van der Waals surface area contributed by atoms with Gasteiger partial charge in [-0.1, -0.05) is 24.9 Å². The van der Waals surface area contributed by atoms with Gasteiger partial charge in [0.15, 0.2) is 0 Å². The summed E-state index contributed by atoms with van der Waals surface area (Å²) in [4.78, 5) is 16.6. The summed E-state index contributed by atoms with van der Waals surface area (Å²) in [5.41, 5.74) is 2.66. The number of benzene rings is 1. The number of quaternary nitrogens is 1. The molecule has 1 N–H and O–H groups in total. The normalized spacial score (nSPS) is 15.6. The molecule has 1 aliphatic rings. The highest BCUT2D eigenvalue weighted by Crippen LogP contribution is 2.20. The van der Waals surface area contributed by atoms with E-state index in [0.29, 0.717) is 5.02 Å². The largest absolute Gasteiger partial charge is 0.332 e. The first-order chi connectivity index (χ1) is 12.1. The first kappa shape index (κ1) is 18.0. The summed E-state index contributed by atoms with van der Waals surface area (Å²) in [7, 11) is 0. The van der Waals surface area contributed by atoms with Crippen molar-refractivity contribution in [3.63, 3.8) is 0 Å². The quantitative estimate of drug-likeness (QED) is 0.883. The van der Waals surface area contributed by atoms with Crippen LogP contribution in [0.1, 0.15) is 36.3 Å². The molecule has 0 unspecified atom stereocenters. The van der Waals surface area contributed by atoms with Gasteiger partial charge in [-0.15, -0.1) is 0 Å². The van der Waals surface area contributed by atoms with Crippen molar-refractivity contribution in [2.24, 2.45) is 0 Å². The van der Waals surface area contributed by atoms with Crippen LogP contribution < -0.4 is 4.90 Å². The molecule has 6 heteroatoms. The Balaban J connectivity index is 1.86. The highest BCUT2D eigenvalue weighted by atomic mass is 35.5. The summed E-state index contributed by atoms with van der Waals surface area (Å²) in [6.45, 7) is 9.13. The van der Waals surface area contributed by atoms with Gasteiger partial charge in [0.2, 0.25) is 0 Å². The number of carbonyl (C=O) groups is 1. The highest BCUT2D eigenvalue weighted by Gasteiger charge is 2.27. The lowest BCUT2D eigenvalue weighted by Gasteiger charge is -2.31. The maximum Gasteiger partial charge on any atom is 0.257 e. The van der Waals surface area contributed by atoms with E-state index in [2.05, 4.69) is 18.9 Å². The van der Waals surface area contributed by atoms with Gasteiger partial charge in [-0.2, -0.15) is 5.10 Å². The van der Waals surface area contributed by atoms with Gasteiger partial charge in [0.05, 0.1) is 55.9 Å². The van der Waals surface area contributed by atoms with Gasteiger partial charge in [-0.05, 0) is 37.6 Å². The fourth-order valence-corrected chi connectivity index (χ4v) is 3.51. The first-order valence-electron chi connectivity index (χ1n) is 9.09. The summed E-state index contributed by atoms with van der Waals surface area (Å²) in [6, 6.07) is 7.57. The molecule has 0 atom stereocenters. The molecule has 0 aliphatic carbocycles. The maximum absolute atomic E-state index is 13.0. The third-order valence-corrected chi connectivity index (χ3v) is 5.17. The number of amides is 1. The van der Waals surface area contributed by atoms with E-state index in [0.717, 1.165) is 62.5 Å². The number of likely N-dealkylation sites (N-methyl/N-ethyl adjacent to an activating group) is 1. The van der Waals surface area contributed by atoms with Gasteiger partial charge >= 0.3 is 0 Å².